The number of anilines is 1. The summed E-state index contributed by atoms with van der Waals surface area (Å²) in [4.78, 5) is 27.5. The number of primary sulfonamides is 1. The summed E-state index contributed by atoms with van der Waals surface area (Å²) in [7, 11) is -3.76. The summed E-state index contributed by atoms with van der Waals surface area (Å²) >= 11 is 0. The van der Waals surface area contributed by atoms with Crippen LogP contribution in [0.25, 0.3) is 0 Å². The van der Waals surface area contributed by atoms with Gasteiger partial charge in [0.2, 0.25) is 10.0 Å². The van der Waals surface area contributed by atoms with Crippen molar-refractivity contribution in [1.29, 1.82) is 0 Å². The quantitative estimate of drug-likeness (QED) is 0.684. The minimum atomic E-state index is -3.76. The van der Waals surface area contributed by atoms with Gasteiger partial charge < -0.3 is 10.6 Å². The van der Waals surface area contributed by atoms with Crippen LogP contribution in [0.5, 0.6) is 0 Å². The Morgan fingerprint density at radius 3 is 2.38 bits per heavy atom. The molecule has 0 unspecified atom stereocenters. The molecule has 0 fully saturated rings. The molecule has 0 aliphatic rings. The minimum Gasteiger partial charge on any atom is -0.344 e. The molecule has 2 aromatic rings. The molecule has 0 spiro atoms. The number of carbonyl (C=O) groups is 2. The van der Waals surface area contributed by atoms with E-state index in [-0.39, 0.29) is 11.4 Å². The fourth-order valence-corrected chi connectivity index (χ4v) is 2.36. The van der Waals surface area contributed by atoms with Crippen molar-refractivity contribution >= 4 is 27.7 Å². The molecule has 0 saturated heterocycles. The SMILES string of the molecule is Cc1cccnc1NC(=O)C(=O)NCc1ccc(S(N)(=O)=O)cc1. The molecule has 0 radical (unpaired) electrons. The highest BCUT2D eigenvalue weighted by molar-refractivity contribution is 7.89. The normalized spacial score (nSPS) is 10.9. The van der Waals surface area contributed by atoms with Gasteiger partial charge in [-0.15, -0.1) is 0 Å². The monoisotopic (exact) mass is 348 g/mol. The summed E-state index contributed by atoms with van der Waals surface area (Å²) in [5.41, 5.74) is 1.36. The van der Waals surface area contributed by atoms with Crippen molar-refractivity contribution in [3.8, 4) is 0 Å². The van der Waals surface area contributed by atoms with Crippen LogP contribution in [-0.2, 0) is 26.2 Å². The van der Waals surface area contributed by atoms with Crippen LogP contribution in [0, 0.1) is 6.92 Å². The van der Waals surface area contributed by atoms with Crippen molar-refractivity contribution in [2.45, 2.75) is 18.4 Å². The Balaban J connectivity index is 1.93. The van der Waals surface area contributed by atoms with E-state index in [4.69, 9.17) is 5.14 Å². The molecule has 1 aromatic heterocycles. The second kappa shape index (κ2) is 7.20. The van der Waals surface area contributed by atoms with E-state index in [1.807, 2.05) is 0 Å². The van der Waals surface area contributed by atoms with Crippen LogP contribution in [0.2, 0.25) is 0 Å². The molecule has 1 heterocycles. The van der Waals surface area contributed by atoms with Crippen LogP contribution in [0.4, 0.5) is 5.82 Å². The minimum absolute atomic E-state index is 0.0269. The Bertz CT molecular complexity index is 863. The number of nitrogens with zero attached hydrogens (tertiary/aromatic N) is 1. The lowest BCUT2D eigenvalue weighted by atomic mass is 10.2. The fourth-order valence-electron chi connectivity index (χ4n) is 1.84. The number of aromatic nitrogens is 1. The zero-order valence-electron chi connectivity index (χ0n) is 12.8. The van der Waals surface area contributed by atoms with Crippen LogP contribution in [0.1, 0.15) is 11.1 Å². The summed E-state index contributed by atoms with van der Waals surface area (Å²) in [5, 5.41) is 9.85. The maximum atomic E-state index is 11.8. The third-order valence-corrected chi connectivity index (χ3v) is 4.08. The predicted octanol–water partition coefficient (Wildman–Crippen LogP) is 0.292. The van der Waals surface area contributed by atoms with E-state index in [0.717, 1.165) is 5.56 Å². The number of aryl methyl sites for hydroxylation is 1. The van der Waals surface area contributed by atoms with Gasteiger partial charge in [0.1, 0.15) is 5.82 Å². The van der Waals surface area contributed by atoms with E-state index in [1.54, 1.807) is 19.1 Å². The highest BCUT2D eigenvalue weighted by Crippen LogP contribution is 2.10. The van der Waals surface area contributed by atoms with Crippen LogP contribution < -0.4 is 15.8 Å². The molecule has 0 atom stereocenters. The van der Waals surface area contributed by atoms with E-state index in [0.29, 0.717) is 11.4 Å². The lowest BCUT2D eigenvalue weighted by Gasteiger charge is -2.08. The third kappa shape index (κ3) is 4.61. The van der Waals surface area contributed by atoms with E-state index >= 15 is 0 Å². The summed E-state index contributed by atoms with van der Waals surface area (Å²) < 4.78 is 22.3. The zero-order chi connectivity index (χ0) is 17.7. The van der Waals surface area contributed by atoms with Crippen LogP contribution in [0.3, 0.4) is 0 Å². The molecule has 126 valence electrons. The molecular weight excluding hydrogens is 332 g/mol. The van der Waals surface area contributed by atoms with Crippen molar-refractivity contribution in [3.05, 3.63) is 53.7 Å². The lowest BCUT2D eigenvalue weighted by molar-refractivity contribution is -0.136. The van der Waals surface area contributed by atoms with Gasteiger partial charge in [0.05, 0.1) is 4.90 Å². The first-order chi connectivity index (χ1) is 11.3. The molecule has 24 heavy (non-hydrogen) atoms. The van der Waals surface area contributed by atoms with Gasteiger partial charge in [0.25, 0.3) is 0 Å². The summed E-state index contributed by atoms with van der Waals surface area (Å²) in [5.74, 6) is -1.34. The van der Waals surface area contributed by atoms with Gasteiger partial charge >= 0.3 is 11.8 Å². The number of amides is 2. The second-order valence-corrected chi connectivity index (χ2v) is 6.56. The molecule has 0 aliphatic heterocycles. The first kappa shape index (κ1) is 17.6. The largest absolute Gasteiger partial charge is 0.344 e. The van der Waals surface area contributed by atoms with Crippen LogP contribution in [-0.4, -0.2) is 25.2 Å². The Kier molecular flexibility index (Phi) is 5.27. The maximum Gasteiger partial charge on any atom is 0.314 e. The molecule has 0 saturated carbocycles. The van der Waals surface area contributed by atoms with E-state index in [1.165, 1.54) is 30.5 Å². The lowest BCUT2D eigenvalue weighted by Crippen LogP contribution is -2.35. The molecule has 2 rings (SSSR count). The Hall–Kier alpha value is -2.78. The van der Waals surface area contributed by atoms with Gasteiger partial charge in [-0.3, -0.25) is 9.59 Å². The van der Waals surface area contributed by atoms with Gasteiger partial charge in [-0.05, 0) is 36.2 Å². The number of nitrogens with two attached hydrogens (primary N) is 1. The zero-order valence-corrected chi connectivity index (χ0v) is 13.6. The van der Waals surface area contributed by atoms with Gasteiger partial charge in [-0.25, -0.2) is 18.5 Å². The first-order valence-corrected chi connectivity index (χ1v) is 8.44. The molecule has 4 N–H and O–H groups in total. The van der Waals surface area contributed by atoms with Gasteiger partial charge in [0, 0.05) is 12.7 Å². The average Bonchev–Trinajstić information content (AvgIpc) is 2.54. The number of carbonyl (C=O) groups excluding carboxylic acids is 2. The molecule has 2 amide bonds. The molecule has 8 nitrogen and oxygen atoms in total. The number of sulfonamides is 1. The van der Waals surface area contributed by atoms with Gasteiger partial charge in [-0.2, -0.15) is 0 Å². The highest BCUT2D eigenvalue weighted by Gasteiger charge is 2.15. The molecule has 0 aliphatic carbocycles. The summed E-state index contributed by atoms with van der Waals surface area (Å²) in [6.07, 6.45) is 1.51. The number of hydrogen-bond donors (Lipinski definition) is 3. The first-order valence-electron chi connectivity index (χ1n) is 6.90. The highest BCUT2D eigenvalue weighted by atomic mass is 32.2. The summed E-state index contributed by atoms with van der Waals surface area (Å²) in [6.45, 7) is 1.83. The van der Waals surface area contributed by atoms with Crippen molar-refractivity contribution in [1.82, 2.24) is 10.3 Å². The summed E-state index contributed by atoms with van der Waals surface area (Å²) in [6, 6.07) is 9.13. The van der Waals surface area contributed by atoms with Crippen LogP contribution in [0.15, 0.2) is 47.5 Å². The maximum absolute atomic E-state index is 11.8. The number of benzene rings is 1. The Morgan fingerprint density at radius 1 is 1.12 bits per heavy atom. The third-order valence-electron chi connectivity index (χ3n) is 3.15. The molecule has 1 aromatic carbocycles. The Labute approximate surface area is 139 Å². The smallest absolute Gasteiger partial charge is 0.314 e. The van der Waals surface area contributed by atoms with Crippen molar-refractivity contribution < 1.29 is 18.0 Å². The number of rotatable bonds is 4. The molecular formula is C15H16N4O4S. The van der Waals surface area contributed by atoms with Crippen molar-refractivity contribution in [2.24, 2.45) is 5.14 Å². The second-order valence-electron chi connectivity index (χ2n) is 4.99. The van der Waals surface area contributed by atoms with Gasteiger partial charge in [0.15, 0.2) is 0 Å². The van der Waals surface area contributed by atoms with Crippen LogP contribution >= 0.6 is 0 Å². The van der Waals surface area contributed by atoms with E-state index in [9.17, 15) is 18.0 Å². The Morgan fingerprint density at radius 2 is 1.79 bits per heavy atom. The number of hydrogen-bond acceptors (Lipinski definition) is 5. The average molecular weight is 348 g/mol. The van der Waals surface area contributed by atoms with E-state index < -0.39 is 21.8 Å². The molecule has 9 heteroatoms. The fraction of sp³-hybridized carbons (Fsp3) is 0.133. The standard InChI is InChI=1S/C15H16N4O4S/c1-10-3-2-8-17-13(10)19-15(21)14(20)18-9-11-4-6-12(7-5-11)24(16,22)23/h2-8H,9H2,1H3,(H,18,20)(H2,16,22,23)(H,17,19,21). The topological polar surface area (TPSA) is 131 Å². The predicted molar refractivity (Wildman–Crippen MR) is 87.3 cm³/mol. The van der Waals surface area contributed by atoms with Gasteiger partial charge in [-0.1, -0.05) is 18.2 Å². The van der Waals surface area contributed by atoms with E-state index in [2.05, 4.69) is 15.6 Å². The number of pyridine rings is 1. The number of nitrogens with one attached hydrogen (secondary N) is 2. The molecule has 0 bridgehead atoms. The van der Waals surface area contributed by atoms with Crippen molar-refractivity contribution in [3.63, 3.8) is 0 Å². The van der Waals surface area contributed by atoms with Crippen molar-refractivity contribution in [2.75, 3.05) is 5.32 Å².